The first kappa shape index (κ1) is 13.6. The Balaban J connectivity index is 1.59. The molecule has 1 aliphatic heterocycles. The number of nitrogens with zero attached hydrogens (tertiary/aromatic N) is 1. The molecule has 100 valence electrons. The zero-order valence-corrected chi connectivity index (χ0v) is 13.7. The van der Waals surface area contributed by atoms with Crippen LogP contribution in [0.2, 0.25) is 0 Å². The van der Waals surface area contributed by atoms with Gasteiger partial charge in [-0.1, -0.05) is 15.9 Å². The quantitative estimate of drug-likeness (QED) is 0.810. The summed E-state index contributed by atoms with van der Waals surface area (Å²) in [5, 5.41) is 6.93. The van der Waals surface area contributed by atoms with E-state index < -0.39 is 0 Å². The molecule has 3 rings (SSSR count). The van der Waals surface area contributed by atoms with E-state index in [0.29, 0.717) is 6.04 Å². The number of nitrogens with one attached hydrogen (secondary N) is 1. The molecule has 0 bridgehead atoms. The van der Waals surface area contributed by atoms with Crippen molar-refractivity contribution in [3.05, 3.63) is 44.8 Å². The van der Waals surface area contributed by atoms with E-state index in [0.717, 1.165) is 16.8 Å². The Kier molecular flexibility index (Phi) is 4.58. The van der Waals surface area contributed by atoms with Crippen molar-refractivity contribution in [3.8, 4) is 0 Å². The highest BCUT2D eigenvalue weighted by Crippen LogP contribution is 2.29. The Morgan fingerprint density at radius 2 is 2.21 bits per heavy atom. The van der Waals surface area contributed by atoms with Gasteiger partial charge < -0.3 is 5.32 Å². The molecule has 1 aromatic carbocycles. The fourth-order valence-electron chi connectivity index (χ4n) is 2.16. The van der Waals surface area contributed by atoms with E-state index in [1.54, 1.807) is 11.3 Å². The normalized spacial score (nSPS) is 18.9. The van der Waals surface area contributed by atoms with Gasteiger partial charge in [-0.25, -0.2) is 4.98 Å². The van der Waals surface area contributed by atoms with Crippen LogP contribution in [0.25, 0.3) is 0 Å². The maximum absolute atomic E-state index is 4.75. The van der Waals surface area contributed by atoms with Crippen molar-refractivity contribution >= 4 is 39.0 Å². The summed E-state index contributed by atoms with van der Waals surface area (Å²) < 4.78 is 1.13. The fourth-order valence-corrected chi connectivity index (χ4v) is 4.19. The molecule has 5 heteroatoms. The highest BCUT2D eigenvalue weighted by Gasteiger charge is 2.18. The van der Waals surface area contributed by atoms with Gasteiger partial charge in [0.2, 0.25) is 0 Å². The Morgan fingerprint density at radius 1 is 1.37 bits per heavy atom. The topological polar surface area (TPSA) is 24.9 Å². The maximum Gasteiger partial charge on any atom is 0.103 e. The monoisotopic (exact) mass is 354 g/mol. The van der Waals surface area contributed by atoms with Crippen molar-refractivity contribution in [2.24, 2.45) is 0 Å². The molecule has 1 aromatic heterocycles. The standard InChI is InChI=1S/C14H15BrN2S2/c15-10-3-5-11(6-4-10)18-9-14-17-13(8-19-14)12-2-1-7-16-12/h3-6,8,12,16H,1-2,7,9H2. The second-order valence-electron chi connectivity index (χ2n) is 4.56. The highest BCUT2D eigenvalue weighted by atomic mass is 79.9. The molecule has 2 aromatic rings. The molecule has 1 fully saturated rings. The minimum atomic E-state index is 0.489. The first-order valence-electron chi connectivity index (χ1n) is 6.37. The predicted molar refractivity (Wildman–Crippen MR) is 85.8 cm³/mol. The zero-order chi connectivity index (χ0) is 13.1. The van der Waals surface area contributed by atoms with Crippen LogP contribution in [-0.2, 0) is 5.75 Å². The third-order valence-corrected chi connectivity index (χ3v) is 5.76. The van der Waals surface area contributed by atoms with Gasteiger partial charge in [0.25, 0.3) is 0 Å². The molecule has 0 aliphatic carbocycles. The lowest BCUT2D eigenvalue weighted by molar-refractivity contribution is 0.630. The number of hydrogen-bond donors (Lipinski definition) is 1. The first-order valence-corrected chi connectivity index (χ1v) is 9.03. The molecule has 1 atom stereocenters. The Bertz CT molecular complexity index is 533. The first-order chi connectivity index (χ1) is 9.31. The molecular weight excluding hydrogens is 340 g/mol. The molecule has 1 aliphatic rings. The summed E-state index contributed by atoms with van der Waals surface area (Å²) >= 11 is 7.08. The minimum Gasteiger partial charge on any atom is -0.309 e. The van der Waals surface area contributed by atoms with Crippen LogP contribution in [0.1, 0.15) is 29.6 Å². The second kappa shape index (κ2) is 6.39. The Hall–Kier alpha value is -0.360. The van der Waals surface area contributed by atoms with E-state index in [-0.39, 0.29) is 0 Å². The second-order valence-corrected chi connectivity index (χ2v) is 7.46. The molecule has 1 saturated heterocycles. The molecule has 1 N–H and O–H groups in total. The van der Waals surface area contributed by atoms with Gasteiger partial charge in [-0.05, 0) is 43.7 Å². The largest absolute Gasteiger partial charge is 0.309 e. The van der Waals surface area contributed by atoms with E-state index >= 15 is 0 Å². The third-order valence-electron chi connectivity index (χ3n) is 3.16. The van der Waals surface area contributed by atoms with Gasteiger partial charge >= 0.3 is 0 Å². The number of aromatic nitrogens is 1. The molecule has 19 heavy (non-hydrogen) atoms. The van der Waals surface area contributed by atoms with Gasteiger partial charge in [0.15, 0.2) is 0 Å². The van der Waals surface area contributed by atoms with Gasteiger partial charge in [-0.3, -0.25) is 0 Å². The summed E-state index contributed by atoms with van der Waals surface area (Å²) in [4.78, 5) is 6.04. The van der Waals surface area contributed by atoms with Crippen LogP contribution < -0.4 is 5.32 Å². The van der Waals surface area contributed by atoms with Crippen LogP contribution >= 0.6 is 39.0 Å². The molecule has 0 amide bonds. The lowest BCUT2D eigenvalue weighted by atomic mass is 10.2. The average Bonchev–Trinajstić information content (AvgIpc) is 3.09. The molecular formula is C14H15BrN2S2. The number of hydrogen-bond acceptors (Lipinski definition) is 4. The van der Waals surface area contributed by atoms with Crippen molar-refractivity contribution in [2.75, 3.05) is 6.54 Å². The lowest BCUT2D eigenvalue weighted by Gasteiger charge is -2.05. The van der Waals surface area contributed by atoms with Crippen molar-refractivity contribution in [2.45, 2.75) is 29.5 Å². The molecule has 0 saturated carbocycles. The maximum atomic E-state index is 4.75. The molecule has 1 unspecified atom stereocenters. The van der Waals surface area contributed by atoms with Gasteiger partial charge in [0.05, 0.1) is 17.5 Å². The average molecular weight is 355 g/mol. The van der Waals surface area contributed by atoms with Crippen LogP contribution in [0.3, 0.4) is 0 Å². The van der Waals surface area contributed by atoms with Crippen LogP contribution in [-0.4, -0.2) is 11.5 Å². The highest BCUT2D eigenvalue weighted by molar-refractivity contribution is 9.10. The van der Waals surface area contributed by atoms with Gasteiger partial charge in [-0.15, -0.1) is 23.1 Å². The van der Waals surface area contributed by atoms with Crippen LogP contribution in [0.15, 0.2) is 39.0 Å². The Morgan fingerprint density at radius 3 is 2.95 bits per heavy atom. The van der Waals surface area contributed by atoms with Crippen molar-refractivity contribution in [3.63, 3.8) is 0 Å². The Labute approximate surface area is 130 Å². The molecule has 2 heterocycles. The van der Waals surface area contributed by atoms with Gasteiger partial charge in [-0.2, -0.15) is 0 Å². The molecule has 2 nitrogen and oxygen atoms in total. The van der Waals surface area contributed by atoms with E-state index in [1.165, 1.54) is 28.4 Å². The van der Waals surface area contributed by atoms with Gasteiger partial charge in [0, 0.05) is 14.7 Å². The van der Waals surface area contributed by atoms with Crippen LogP contribution in [0.4, 0.5) is 0 Å². The zero-order valence-electron chi connectivity index (χ0n) is 10.4. The fraction of sp³-hybridized carbons (Fsp3) is 0.357. The van der Waals surface area contributed by atoms with E-state index in [1.807, 2.05) is 11.8 Å². The van der Waals surface area contributed by atoms with Crippen molar-refractivity contribution < 1.29 is 0 Å². The summed E-state index contributed by atoms with van der Waals surface area (Å²) in [6.07, 6.45) is 2.49. The van der Waals surface area contributed by atoms with Crippen molar-refractivity contribution in [1.82, 2.24) is 10.3 Å². The van der Waals surface area contributed by atoms with Crippen molar-refractivity contribution in [1.29, 1.82) is 0 Å². The van der Waals surface area contributed by atoms with E-state index in [2.05, 4.69) is 50.9 Å². The summed E-state index contributed by atoms with van der Waals surface area (Å²) in [7, 11) is 0. The third kappa shape index (κ3) is 3.60. The number of thioether (sulfide) groups is 1. The SMILES string of the molecule is Brc1ccc(SCc2nc(C3CCCN3)cs2)cc1. The number of benzene rings is 1. The molecule has 0 radical (unpaired) electrons. The number of thiazole rings is 1. The number of rotatable bonds is 4. The molecule has 0 spiro atoms. The lowest BCUT2D eigenvalue weighted by Crippen LogP contribution is -2.13. The summed E-state index contributed by atoms with van der Waals surface area (Å²) in [5.41, 5.74) is 1.23. The summed E-state index contributed by atoms with van der Waals surface area (Å²) in [6.45, 7) is 1.13. The summed E-state index contributed by atoms with van der Waals surface area (Å²) in [5.74, 6) is 0.957. The predicted octanol–water partition coefficient (Wildman–Crippen LogP) is 4.62. The van der Waals surface area contributed by atoms with Gasteiger partial charge in [0.1, 0.15) is 5.01 Å². The van der Waals surface area contributed by atoms with Crippen LogP contribution in [0, 0.1) is 0 Å². The van der Waals surface area contributed by atoms with Crippen LogP contribution in [0.5, 0.6) is 0 Å². The smallest absolute Gasteiger partial charge is 0.103 e. The van der Waals surface area contributed by atoms with E-state index in [9.17, 15) is 0 Å². The van der Waals surface area contributed by atoms with E-state index in [4.69, 9.17) is 4.98 Å². The summed E-state index contributed by atoms with van der Waals surface area (Å²) in [6, 6.07) is 8.93. The minimum absolute atomic E-state index is 0.489. The number of halogens is 1.